The molecule has 0 bridgehead atoms. The molecule has 0 aromatic heterocycles. The molecule has 1 heterocycles. The van der Waals surface area contributed by atoms with Crippen LogP contribution in [0, 0.1) is 0 Å². The molecule has 0 aliphatic carbocycles. The van der Waals surface area contributed by atoms with Gasteiger partial charge in [0.1, 0.15) is 0 Å². The maximum atomic E-state index is 6.73. The Labute approximate surface area is 105 Å². The highest BCUT2D eigenvalue weighted by atomic mass is 15.3. The Hall–Kier alpha value is -0.860. The van der Waals surface area contributed by atoms with E-state index in [1.165, 1.54) is 24.8 Å². The first-order valence-electron chi connectivity index (χ1n) is 6.87. The molecule has 94 valence electrons. The predicted molar refractivity (Wildman–Crippen MR) is 72.6 cm³/mol. The van der Waals surface area contributed by atoms with Crippen LogP contribution >= 0.6 is 0 Å². The van der Waals surface area contributed by atoms with Gasteiger partial charge >= 0.3 is 0 Å². The molecule has 1 aromatic carbocycles. The van der Waals surface area contributed by atoms with Crippen LogP contribution in [-0.4, -0.2) is 18.0 Å². The van der Waals surface area contributed by atoms with Gasteiger partial charge in [-0.15, -0.1) is 0 Å². The van der Waals surface area contributed by atoms with Crippen LogP contribution in [0.4, 0.5) is 0 Å². The van der Waals surface area contributed by atoms with E-state index in [9.17, 15) is 0 Å². The third kappa shape index (κ3) is 2.70. The quantitative estimate of drug-likeness (QED) is 0.864. The van der Waals surface area contributed by atoms with Gasteiger partial charge in [-0.25, -0.2) is 0 Å². The maximum Gasteiger partial charge on any atom is 0.0949 e. The first-order chi connectivity index (χ1) is 8.27. The Morgan fingerprint density at radius 3 is 2.35 bits per heavy atom. The van der Waals surface area contributed by atoms with Crippen LogP contribution in [0.25, 0.3) is 0 Å². The van der Waals surface area contributed by atoms with Crippen LogP contribution in [0.3, 0.4) is 0 Å². The predicted octanol–water partition coefficient (Wildman–Crippen LogP) is 3.08. The number of hydrogen-bond donors (Lipinski definition) is 1. The van der Waals surface area contributed by atoms with E-state index in [1.807, 2.05) is 0 Å². The van der Waals surface area contributed by atoms with E-state index in [4.69, 9.17) is 5.73 Å². The molecular formula is C15H24N2. The molecule has 0 spiro atoms. The fourth-order valence-electron chi connectivity index (χ4n) is 2.89. The summed E-state index contributed by atoms with van der Waals surface area (Å²) in [6.07, 6.45) is 6.09. The number of likely N-dealkylation sites (tertiary alicyclic amines) is 1. The second-order valence-corrected chi connectivity index (χ2v) is 5.09. The summed E-state index contributed by atoms with van der Waals surface area (Å²) < 4.78 is 0. The van der Waals surface area contributed by atoms with Crippen molar-refractivity contribution < 1.29 is 0 Å². The number of hydrogen-bond acceptors (Lipinski definition) is 2. The van der Waals surface area contributed by atoms with E-state index >= 15 is 0 Å². The zero-order valence-electron chi connectivity index (χ0n) is 10.9. The first-order valence-corrected chi connectivity index (χ1v) is 6.87. The Morgan fingerprint density at radius 1 is 1.12 bits per heavy atom. The van der Waals surface area contributed by atoms with Crippen molar-refractivity contribution in [1.82, 2.24) is 4.90 Å². The SMILES string of the molecule is CCCC(N)(c1ccccc1)N1CCCCC1. The Kier molecular flexibility index (Phi) is 4.19. The lowest BCUT2D eigenvalue weighted by atomic mass is 9.91. The van der Waals surface area contributed by atoms with Gasteiger partial charge in [0.2, 0.25) is 0 Å². The average Bonchev–Trinajstić information content (AvgIpc) is 2.41. The smallest absolute Gasteiger partial charge is 0.0949 e. The number of nitrogens with zero attached hydrogens (tertiary/aromatic N) is 1. The van der Waals surface area contributed by atoms with Crippen LogP contribution in [0.15, 0.2) is 30.3 Å². The molecule has 2 rings (SSSR count). The lowest BCUT2D eigenvalue weighted by molar-refractivity contribution is 0.0595. The van der Waals surface area contributed by atoms with Gasteiger partial charge in [-0.2, -0.15) is 0 Å². The van der Waals surface area contributed by atoms with Gasteiger partial charge in [-0.1, -0.05) is 50.1 Å². The van der Waals surface area contributed by atoms with E-state index in [1.54, 1.807) is 0 Å². The highest BCUT2D eigenvalue weighted by molar-refractivity contribution is 5.23. The lowest BCUT2D eigenvalue weighted by Gasteiger charge is -2.43. The zero-order valence-corrected chi connectivity index (χ0v) is 10.9. The molecule has 17 heavy (non-hydrogen) atoms. The van der Waals surface area contributed by atoms with Gasteiger partial charge in [-0.05, 0) is 24.8 Å². The van der Waals surface area contributed by atoms with Crippen molar-refractivity contribution in [2.24, 2.45) is 5.73 Å². The summed E-state index contributed by atoms with van der Waals surface area (Å²) in [6, 6.07) is 10.6. The monoisotopic (exact) mass is 232 g/mol. The van der Waals surface area contributed by atoms with Crippen molar-refractivity contribution in [3.8, 4) is 0 Å². The van der Waals surface area contributed by atoms with Crippen molar-refractivity contribution in [3.05, 3.63) is 35.9 Å². The van der Waals surface area contributed by atoms with Gasteiger partial charge in [0.05, 0.1) is 5.66 Å². The van der Waals surface area contributed by atoms with Crippen LogP contribution in [0.5, 0.6) is 0 Å². The highest BCUT2D eigenvalue weighted by Gasteiger charge is 2.33. The van der Waals surface area contributed by atoms with Crippen LogP contribution in [-0.2, 0) is 5.66 Å². The number of rotatable bonds is 4. The molecule has 0 amide bonds. The van der Waals surface area contributed by atoms with Gasteiger partial charge in [0.15, 0.2) is 0 Å². The van der Waals surface area contributed by atoms with Crippen molar-refractivity contribution in [3.63, 3.8) is 0 Å². The summed E-state index contributed by atoms with van der Waals surface area (Å²) in [5, 5.41) is 0. The minimum Gasteiger partial charge on any atom is -0.309 e. The normalized spacial score (nSPS) is 21.1. The number of nitrogens with two attached hydrogens (primary N) is 1. The molecule has 1 unspecified atom stereocenters. The molecule has 0 radical (unpaired) electrons. The van der Waals surface area contributed by atoms with E-state index in [2.05, 4.69) is 42.2 Å². The van der Waals surface area contributed by atoms with E-state index < -0.39 is 0 Å². The van der Waals surface area contributed by atoms with Crippen LogP contribution in [0.1, 0.15) is 44.6 Å². The number of benzene rings is 1. The standard InChI is InChI=1S/C15H24N2/c1-2-11-15(16,14-9-5-3-6-10-14)17-12-7-4-8-13-17/h3,5-6,9-10H,2,4,7-8,11-13,16H2,1H3. The van der Waals surface area contributed by atoms with Crippen LogP contribution < -0.4 is 5.73 Å². The Bertz CT molecular complexity index is 330. The maximum absolute atomic E-state index is 6.73. The summed E-state index contributed by atoms with van der Waals surface area (Å²) in [4.78, 5) is 2.48. The molecular weight excluding hydrogens is 208 g/mol. The summed E-state index contributed by atoms with van der Waals surface area (Å²) in [6.45, 7) is 4.51. The minimum atomic E-state index is -0.254. The van der Waals surface area contributed by atoms with Gasteiger partial charge in [0, 0.05) is 13.1 Å². The van der Waals surface area contributed by atoms with E-state index in [-0.39, 0.29) is 5.66 Å². The summed E-state index contributed by atoms with van der Waals surface area (Å²) >= 11 is 0. The van der Waals surface area contributed by atoms with Gasteiger partial charge in [0.25, 0.3) is 0 Å². The second-order valence-electron chi connectivity index (χ2n) is 5.09. The first kappa shape index (κ1) is 12.6. The second kappa shape index (κ2) is 5.65. The Morgan fingerprint density at radius 2 is 1.76 bits per heavy atom. The van der Waals surface area contributed by atoms with Crippen molar-refractivity contribution in [2.75, 3.05) is 13.1 Å². The topological polar surface area (TPSA) is 29.3 Å². The summed E-state index contributed by atoms with van der Waals surface area (Å²) in [5.74, 6) is 0. The van der Waals surface area contributed by atoms with Gasteiger partial charge in [-0.3, -0.25) is 4.90 Å². The van der Waals surface area contributed by atoms with Gasteiger partial charge < -0.3 is 5.73 Å². The molecule has 1 aromatic rings. The van der Waals surface area contributed by atoms with Crippen molar-refractivity contribution in [1.29, 1.82) is 0 Å². The molecule has 2 nitrogen and oxygen atoms in total. The highest BCUT2D eigenvalue weighted by Crippen LogP contribution is 2.30. The molecule has 0 saturated carbocycles. The Balaban J connectivity index is 2.24. The molecule has 2 heteroatoms. The zero-order chi connectivity index (χ0) is 12.1. The van der Waals surface area contributed by atoms with E-state index in [0.717, 1.165) is 25.9 Å². The van der Waals surface area contributed by atoms with E-state index in [0.29, 0.717) is 0 Å². The molecule has 1 aliphatic rings. The molecule has 1 aliphatic heterocycles. The van der Waals surface area contributed by atoms with Crippen molar-refractivity contribution in [2.45, 2.75) is 44.7 Å². The average molecular weight is 232 g/mol. The number of piperidine rings is 1. The van der Waals surface area contributed by atoms with Crippen molar-refractivity contribution >= 4 is 0 Å². The third-order valence-corrected chi connectivity index (χ3v) is 3.83. The largest absolute Gasteiger partial charge is 0.309 e. The minimum absolute atomic E-state index is 0.254. The third-order valence-electron chi connectivity index (χ3n) is 3.83. The van der Waals surface area contributed by atoms with Crippen LogP contribution in [0.2, 0.25) is 0 Å². The molecule has 1 fully saturated rings. The fraction of sp³-hybridized carbons (Fsp3) is 0.600. The summed E-state index contributed by atoms with van der Waals surface area (Å²) in [5.41, 5.74) is 7.74. The molecule has 1 saturated heterocycles. The summed E-state index contributed by atoms with van der Waals surface area (Å²) in [7, 11) is 0. The molecule has 2 N–H and O–H groups in total. The molecule has 1 atom stereocenters. The fourth-order valence-corrected chi connectivity index (χ4v) is 2.89. The lowest BCUT2D eigenvalue weighted by Crippen LogP contribution is -2.54.